The van der Waals surface area contributed by atoms with Crippen LogP contribution in [-0.4, -0.2) is 16.1 Å². The predicted molar refractivity (Wildman–Crippen MR) is 96.7 cm³/mol. The van der Waals surface area contributed by atoms with E-state index < -0.39 is 16.1 Å². The Bertz CT molecular complexity index is 288. The summed E-state index contributed by atoms with van der Waals surface area (Å²) in [6.45, 7) is 20.7. The molecule has 0 saturated carbocycles. The minimum Gasteiger partial charge on any atom is -0.107 e. The van der Waals surface area contributed by atoms with Gasteiger partial charge in [-0.15, -0.1) is 26.3 Å². The van der Waals surface area contributed by atoms with Crippen LogP contribution in [0.5, 0.6) is 0 Å². The molecule has 0 aromatic carbocycles. The van der Waals surface area contributed by atoms with E-state index in [9.17, 15) is 0 Å². The third-order valence-electron chi connectivity index (χ3n) is 4.32. The van der Waals surface area contributed by atoms with Crippen LogP contribution in [0.1, 0.15) is 32.6 Å². The van der Waals surface area contributed by atoms with E-state index in [1.807, 2.05) is 0 Å². The van der Waals surface area contributed by atoms with Gasteiger partial charge in [-0.25, -0.2) is 0 Å². The van der Waals surface area contributed by atoms with Gasteiger partial charge in [0.25, 0.3) is 0 Å². The summed E-state index contributed by atoms with van der Waals surface area (Å²) in [5, 5.41) is 0. The van der Waals surface area contributed by atoms with Crippen molar-refractivity contribution in [3.05, 3.63) is 49.1 Å². The molecular weight excluding hydrogens is 260 g/mol. The maximum absolute atomic E-state index is 4.06. The smallest absolute Gasteiger partial charge is 0.100 e. The van der Waals surface area contributed by atoms with E-state index in [2.05, 4.69) is 62.6 Å². The zero-order valence-electron chi connectivity index (χ0n) is 13.1. The fourth-order valence-electron chi connectivity index (χ4n) is 2.51. The second-order valence-electron chi connectivity index (χ2n) is 5.87. The van der Waals surface area contributed by atoms with Crippen molar-refractivity contribution in [2.45, 2.75) is 57.3 Å². The highest BCUT2D eigenvalue weighted by Crippen LogP contribution is 2.25. The Hall–Kier alpha value is -0.606. The van der Waals surface area contributed by atoms with Crippen LogP contribution in [0.2, 0.25) is 24.7 Å². The Morgan fingerprint density at radius 3 is 1.68 bits per heavy atom. The first-order chi connectivity index (χ1) is 9.01. The van der Waals surface area contributed by atoms with E-state index in [0.717, 1.165) is 0 Å². The van der Waals surface area contributed by atoms with Gasteiger partial charge in [-0.05, 0) is 0 Å². The number of rotatable bonds is 12. The third-order valence-corrected chi connectivity index (χ3v) is 12.0. The van der Waals surface area contributed by atoms with Crippen molar-refractivity contribution < 1.29 is 0 Å². The molecule has 0 N–H and O–H groups in total. The van der Waals surface area contributed by atoms with Gasteiger partial charge in [-0.1, -0.05) is 80.1 Å². The van der Waals surface area contributed by atoms with Crippen LogP contribution in [0, 0.1) is 0 Å². The molecule has 0 spiro atoms. The van der Waals surface area contributed by atoms with Crippen LogP contribution >= 0.6 is 0 Å². The van der Waals surface area contributed by atoms with E-state index in [4.69, 9.17) is 0 Å². The molecule has 108 valence electrons. The maximum Gasteiger partial charge on any atom is 0.100 e. The standard InChI is InChI=1S/C17H32Si2/c1-7-15-19(10-4,11-5)17-14-12-13-16-18(6,8-2)9-3/h8-11H,2-5,7,12-17H2,1,6H3. The molecule has 0 aromatic heterocycles. The molecule has 0 radical (unpaired) electrons. The van der Waals surface area contributed by atoms with Crippen LogP contribution in [-0.2, 0) is 0 Å². The summed E-state index contributed by atoms with van der Waals surface area (Å²) in [5.74, 6) is 0. The Labute approximate surface area is 123 Å². The van der Waals surface area contributed by atoms with Gasteiger partial charge < -0.3 is 0 Å². The topological polar surface area (TPSA) is 0 Å². The zero-order chi connectivity index (χ0) is 14.8. The summed E-state index contributed by atoms with van der Waals surface area (Å²) in [4.78, 5) is 0. The molecule has 0 aliphatic rings. The molecule has 0 aliphatic carbocycles. The van der Waals surface area contributed by atoms with Crippen LogP contribution in [0.25, 0.3) is 0 Å². The Kier molecular flexibility index (Phi) is 9.02. The molecule has 0 saturated heterocycles. The molecule has 0 amide bonds. The second-order valence-corrected chi connectivity index (χ2v) is 14.5. The summed E-state index contributed by atoms with van der Waals surface area (Å²) in [6.07, 6.45) is 5.21. The molecule has 19 heavy (non-hydrogen) atoms. The largest absolute Gasteiger partial charge is 0.107 e. The molecule has 0 heterocycles. The van der Waals surface area contributed by atoms with Crippen molar-refractivity contribution >= 4 is 16.1 Å². The minimum atomic E-state index is -1.36. The molecule has 0 nitrogen and oxygen atoms in total. The Morgan fingerprint density at radius 1 is 0.737 bits per heavy atom. The van der Waals surface area contributed by atoms with E-state index in [0.29, 0.717) is 0 Å². The van der Waals surface area contributed by atoms with Gasteiger partial charge in [0.05, 0.1) is 8.07 Å². The summed E-state index contributed by atoms with van der Waals surface area (Å²) in [5.41, 5.74) is 8.78. The Morgan fingerprint density at radius 2 is 1.26 bits per heavy atom. The molecular formula is C17H32Si2. The van der Waals surface area contributed by atoms with Crippen LogP contribution in [0.15, 0.2) is 49.1 Å². The molecule has 2 heteroatoms. The van der Waals surface area contributed by atoms with Gasteiger partial charge in [0.2, 0.25) is 0 Å². The van der Waals surface area contributed by atoms with Gasteiger partial charge >= 0.3 is 0 Å². The fourth-order valence-corrected chi connectivity index (χ4v) is 7.17. The summed E-state index contributed by atoms with van der Waals surface area (Å²) >= 11 is 0. The van der Waals surface area contributed by atoms with Crippen LogP contribution in [0.4, 0.5) is 0 Å². The van der Waals surface area contributed by atoms with Crippen molar-refractivity contribution in [3.8, 4) is 0 Å². The lowest BCUT2D eigenvalue weighted by Crippen LogP contribution is -2.28. The van der Waals surface area contributed by atoms with E-state index >= 15 is 0 Å². The van der Waals surface area contributed by atoms with Gasteiger partial charge in [-0.2, -0.15) is 0 Å². The van der Waals surface area contributed by atoms with Crippen molar-refractivity contribution in [2.24, 2.45) is 0 Å². The van der Waals surface area contributed by atoms with Crippen molar-refractivity contribution in [1.29, 1.82) is 0 Å². The van der Waals surface area contributed by atoms with Gasteiger partial charge in [0, 0.05) is 0 Å². The van der Waals surface area contributed by atoms with E-state index in [1.165, 1.54) is 43.8 Å². The molecule has 0 aromatic rings. The second kappa shape index (κ2) is 9.32. The average molecular weight is 293 g/mol. The van der Waals surface area contributed by atoms with Crippen molar-refractivity contribution in [3.63, 3.8) is 0 Å². The van der Waals surface area contributed by atoms with Gasteiger partial charge in [-0.3, -0.25) is 0 Å². The van der Waals surface area contributed by atoms with Gasteiger partial charge in [0.15, 0.2) is 0 Å². The number of hydrogen-bond acceptors (Lipinski definition) is 0. The lowest BCUT2D eigenvalue weighted by molar-refractivity contribution is 0.755. The minimum absolute atomic E-state index is 1.25. The van der Waals surface area contributed by atoms with Crippen molar-refractivity contribution in [1.82, 2.24) is 0 Å². The molecule has 0 unspecified atom stereocenters. The van der Waals surface area contributed by atoms with Crippen molar-refractivity contribution in [2.75, 3.05) is 0 Å². The first-order valence-electron chi connectivity index (χ1n) is 7.56. The predicted octanol–water partition coefficient (Wildman–Crippen LogP) is 5.99. The summed E-state index contributed by atoms with van der Waals surface area (Å²) < 4.78 is 0. The lowest BCUT2D eigenvalue weighted by atomic mass is 10.3. The first-order valence-corrected chi connectivity index (χ1v) is 13.0. The number of hydrogen-bond donors (Lipinski definition) is 0. The highest BCUT2D eigenvalue weighted by molar-refractivity contribution is 6.89. The molecule has 0 atom stereocenters. The highest BCUT2D eigenvalue weighted by Gasteiger charge is 2.24. The van der Waals surface area contributed by atoms with Crippen LogP contribution < -0.4 is 0 Å². The Balaban J connectivity index is 4.08. The van der Waals surface area contributed by atoms with E-state index in [1.54, 1.807) is 0 Å². The average Bonchev–Trinajstić information content (AvgIpc) is 2.45. The summed E-state index contributed by atoms with van der Waals surface area (Å²) in [7, 11) is -2.68. The highest BCUT2D eigenvalue weighted by atomic mass is 28.3. The quantitative estimate of drug-likeness (QED) is 0.306. The van der Waals surface area contributed by atoms with Gasteiger partial charge in [0.1, 0.15) is 8.07 Å². The molecule has 0 bridgehead atoms. The number of unbranched alkanes of at least 4 members (excludes halogenated alkanes) is 2. The van der Waals surface area contributed by atoms with E-state index in [-0.39, 0.29) is 0 Å². The lowest BCUT2D eigenvalue weighted by Gasteiger charge is -2.24. The first kappa shape index (κ1) is 18.4. The van der Waals surface area contributed by atoms with Crippen LogP contribution in [0.3, 0.4) is 0 Å². The molecule has 0 rings (SSSR count). The SMILES string of the molecule is C=C[Si](C)(C=C)CCCCC[Si](C=C)(C=C)CCC. The fraction of sp³-hybridized carbons (Fsp3) is 0.529. The third kappa shape index (κ3) is 6.39. The molecule has 0 fully saturated rings. The maximum atomic E-state index is 4.06. The molecule has 0 aliphatic heterocycles. The normalized spacial score (nSPS) is 11.9. The zero-order valence-corrected chi connectivity index (χ0v) is 15.1. The summed E-state index contributed by atoms with van der Waals surface area (Å²) in [6, 6.07) is 3.94. The monoisotopic (exact) mass is 292 g/mol.